The molecule has 0 saturated carbocycles. The highest BCUT2D eigenvalue weighted by atomic mass is 28.4. The van der Waals surface area contributed by atoms with E-state index in [4.69, 9.17) is 0 Å². The second-order valence-corrected chi connectivity index (χ2v) is 13.9. The molecule has 10 heavy (non-hydrogen) atoms. The van der Waals surface area contributed by atoms with Gasteiger partial charge in [0.2, 0.25) is 0 Å². The van der Waals surface area contributed by atoms with Crippen molar-refractivity contribution in [2.24, 2.45) is 0 Å². The fourth-order valence-corrected chi connectivity index (χ4v) is 16.1. The summed E-state index contributed by atoms with van der Waals surface area (Å²) in [5, 5.41) is 0. The Kier molecular flexibility index (Phi) is 4.75. The molecule has 0 saturated heterocycles. The van der Waals surface area contributed by atoms with Crippen molar-refractivity contribution in [2.75, 3.05) is 0 Å². The summed E-state index contributed by atoms with van der Waals surface area (Å²) < 4.78 is 2.92. The summed E-state index contributed by atoms with van der Waals surface area (Å²) in [5.41, 5.74) is 0. The molecule has 0 aromatic rings. The van der Waals surface area contributed by atoms with Crippen LogP contribution in [0.15, 0.2) is 0 Å². The van der Waals surface area contributed by atoms with E-state index in [9.17, 15) is 0 Å². The molecule has 0 aromatic carbocycles. The minimum atomic E-state index is -0.444. The lowest BCUT2D eigenvalue weighted by molar-refractivity contribution is 1.20. The first kappa shape index (κ1) is 10.6. The van der Waals surface area contributed by atoms with Crippen molar-refractivity contribution in [3.63, 3.8) is 0 Å². The van der Waals surface area contributed by atoms with Gasteiger partial charge in [-0.25, -0.2) is 0 Å². The molecule has 0 bridgehead atoms. The molecule has 0 atom stereocenters. The lowest BCUT2D eigenvalue weighted by Gasteiger charge is -2.25. The van der Waals surface area contributed by atoms with Gasteiger partial charge in [-0.1, -0.05) is 0 Å². The zero-order valence-corrected chi connectivity index (χ0v) is 11.6. The van der Waals surface area contributed by atoms with Crippen LogP contribution >= 0.6 is 0 Å². The Labute approximate surface area is 70.5 Å². The largest absolute Gasteiger partial charge is 0.397 e. The SMILES string of the molecule is C[SiH](C)[N+]([SiH](C)C)[SiH](C)C. The summed E-state index contributed by atoms with van der Waals surface area (Å²) in [5.74, 6) is 0. The van der Waals surface area contributed by atoms with Crippen LogP contribution < -0.4 is 3.90 Å². The van der Waals surface area contributed by atoms with E-state index in [0.717, 1.165) is 0 Å². The Morgan fingerprint density at radius 1 is 0.600 bits per heavy atom. The monoisotopic (exact) mass is 191 g/mol. The van der Waals surface area contributed by atoms with Crippen LogP contribution in [0, 0.1) is 0 Å². The average Bonchev–Trinajstić information content (AvgIpc) is 1.59. The first-order valence-corrected chi connectivity index (χ1v) is 12.7. The van der Waals surface area contributed by atoms with Crippen LogP contribution in [-0.2, 0) is 0 Å². The first-order chi connectivity index (χ1) is 4.46. The van der Waals surface area contributed by atoms with Gasteiger partial charge in [-0.15, -0.1) is 0 Å². The average molecular weight is 191 g/mol. The molecule has 0 aliphatic rings. The molecule has 0 aromatic heterocycles. The Balaban J connectivity index is 3.98. The van der Waals surface area contributed by atoms with Gasteiger partial charge in [-0.3, -0.25) is 0 Å². The molecule has 0 N–H and O–H groups in total. The van der Waals surface area contributed by atoms with Crippen molar-refractivity contribution in [3.8, 4) is 0 Å². The molecule has 0 aliphatic carbocycles. The van der Waals surface area contributed by atoms with Gasteiger partial charge in [0.15, 0.2) is 0 Å². The lowest BCUT2D eigenvalue weighted by Crippen LogP contribution is -2.55. The molecule has 0 rings (SSSR count). The predicted octanol–water partition coefficient (Wildman–Crippen LogP) is 1.08. The summed E-state index contributed by atoms with van der Waals surface area (Å²) in [6, 6.07) is 0. The fourth-order valence-electron chi connectivity index (χ4n) is 1.79. The van der Waals surface area contributed by atoms with E-state index >= 15 is 0 Å². The van der Waals surface area contributed by atoms with Crippen molar-refractivity contribution in [3.05, 3.63) is 0 Å². The maximum atomic E-state index is 2.92. The molecule has 4 heteroatoms. The van der Waals surface area contributed by atoms with E-state index in [1.54, 1.807) is 0 Å². The number of hydrogen-bond acceptors (Lipinski definition) is 1. The van der Waals surface area contributed by atoms with E-state index in [1.165, 1.54) is 0 Å². The van der Waals surface area contributed by atoms with E-state index in [-0.39, 0.29) is 0 Å². The van der Waals surface area contributed by atoms with E-state index < -0.39 is 26.9 Å². The zero-order valence-electron chi connectivity index (χ0n) is 8.18. The van der Waals surface area contributed by atoms with Crippen LogP contribution in [0.5, 0.6) is 0 Å². The minimum Gasteiger partial charge on any atom is -0.397 e. The van der Waals surface area contributed by atoms with Crippen LogP contribution in [0.3, 0.4) is 0 Å². The number of hydrogen-bond donors (Lipinski definition) is 0. The maximum Gasteiger partial charge on any atom is 0.270 e. The Hall–Kier alpha value is 0.611. The van der Waals surface area contributed by atoms with Gasteiger partial charge < -0.3 is 3.90 Å². The van der Waals surface area contributed by atoms with Crippen molar-refractivity contribution in [1.82, 2.24) is 3.90 Å². The topological polar surface area (TPSA) is 5.90 Å². The highest BCUT2D eigenvalue weighted by Gasteiger charge is 2.27. The molecule has 61 valence electrons. The molecule has 0 aliphatic heterocycles. The van der Waals surface area contributed by atoms with Gasteiger partial charge in [0, 0.05) is 0 Å². The molecule has 0 heterocycles. The Bertz CT molecular complexity index is 74.0. The molecular formula is C6H21NSi3+. The summed E-state index contributed by atoms with van der Waals surface area (Å²) >= 11 is 0. The Morgan fingerprint density at radius 3 is 0.800 bits per heavy atom. The summed E-state index contributed by atoms with van der Waals surface area (Å²) in [4.78, 5) is 0. The molecular weight excluding hydrogens is 170 g/mol. The van der Waals surface area contributed by atoms with Crippen molar-refractivity contribution in [1.29, 1.82) is 0 Å². The first-order valence-electron chi connectivity index (χ1n) is 4.24. The predicted molar refractivity (Wildman–Crippen MR) is 58.8 cm³/mol. The Morgan fingerprint density at radius 2 is 0.800 bits per heavy atom. The van der Waals surface area contributed by atoms with Crippen molar-refractivity contribution < 1.29 is 0 Å². The molecule has 1 radical (unpaired) electrons. The third-order valence-electron chi connectivity index (χ3n) is 1.79. The van der Waals surface area contributed by atoms with E-state index in [1.807, 2.05) is 0 Å². The highest BCUT2D eigenvalue weighted by molar-refractivity contribution is 6.87. The zero-order chi connectivity index (χ0) is 8.31. The standard InChI is InChI=1S/C6H21NSi3/c1-8(2)7(9(3)4)10(5)6/h8-10H,1-6H3/q+1. The summed E-state index contributed by atoms with van der Waals surface area (Å²) in [6.45, 7) is 14.8. The molecule has 0 spiro atoms. The summed E-state index contributed by atoms with van der Waals surface area (Å²) in [7, 11) is -1.33. The second kappa shape index (κ2) is 4.48. The number of rotatable bonds is 3. The van der Waals surface area contributed by atoms with Gasteiger partial charge >= 0.3 is 0 Å². The van der Waals surface area contributed by atoms with Crippen molar-refractivity contribution in [2.45, 2.75) is 39.3 Å². The molecule has 1 nitrogen and oxygen atoms in total. The molecule has 0 amide bonds. The van der Waals surface area contributed by atoms with Crippen LogP contribution in [0.25, 0.3) is 0 Å². The van der Waals surface area contributed by atoms with Gasteiger partial charge in [0.25, 0.3) is 26.9 Å². The molecule has 0 fully saturated rings. The highest BCUT2D eigenvalue weighted by Crippen LogP contribution is 1.98. The van der Waals surface area contributed by atoms with Crippen LogP contribution in [0.4, 0.5) is 0 Å². The normalized spacial score (nSPS) is 12.6. The smallest absolute Gasteiger partial charge is 0.270 e. The van der Waals surface area contributed by atoms with Gasteiger partial charge in [-0.2, -0.15) is 0 Å². The van der Waals surface area contributed by atoms with Gasteiger partial charge in [-0.05, 0) is 39.3 Å². The lowest BCUT2D eigenvalue weighted by atomic mass is 11.9. The number of nitrogens with zero attached hydrogens (tertiary/aromatic N) is 1. The van der Waals surface area contributed by atoms with Crippen molar-refractivity contribution >= 4 is 26.9 Å². The van der Waals surface area contributed by atoms with E-state index in [0.29, 0.717) is 0 Å². The second-order valence-electron chi connectivity index (χ2n) is 3.73. The van der Waals surface area contributed by atoms with E-state index in [2.05, 4.69) is 43.2 Å². The van der Waals surface area contributed by atoms with Gasteiger partial charge in [0.05, 0.1) is 0 Å². The van der Waals surface area contributed by atoms with Crippen LogP contribution in [-0.4, -0.2) is 26.9 Å². The quantitative estimate of drug-likeness (QED) is 0.589. The summed E-state index contributed by atoms with van der Waals surface area (Å²) in [6.07, 6.45) is 0. The third-order valence-corrected chi connectivity index (χ3v) is 16.1. The van der Waals surface area contributed by atoms with Gasteiger partial charge in [0.1, 0.15) is 0 Å². The molecule has 0 unspecified atom stereocenters. The van der Waals surface area contributed by atoms with Crippen LogP contribution in [0.2, 0.25) is 39.3 Å². The fraction of sp³-hybridized carbons (Fsp3) is 1.00. The minimum absolute atomic E-state index is 0.444. The van der Waals surface area contributed by atoms with Crippen LogP contribution in [0.1, 0.15) is 0 Å². The third kappa shape index (κ3) is 3.14. The maximum absolute atomic E-state index is 2.92.